The Morgan fingerprint density at radius 2 is 2.11 bits per heavy atom. The zero-order chi connectivity index (χ0) is 13.1. The van der Waals surface area contributed by atoms with E-state index in [9.17, 15) is 0 Å². The van der Waals surface area contributed by atoms with Crippen LogP contribution in [0.5, 0.6) is 5.75 Å². The van der Waals surface area contributed by atoms with Crippen LogP contribution in [0, 0.1) is 0 Å². The third-order valence-electron chi connectivity index (χ3n) is 2.56. The number of ether oxygens (including phenoxy) is 1. The van der Waals surface area contributed by atoms with Gasteiger partial charge in [-0.15, -0.1) is 22.9 Å². The lowest BCUT2D eigenvalue weighted by Crippen LogP contribution is -1.96. The number of thiophene rings is 1. The number of benzene rings is 1. The molecule has 96 valence electrons. The SMILES string of the molecule is COc1ccccc1CC(Cl)c1cc(Br)c(Cl)s1. The maximum absolute atomic E-state index is 6.43. The van der Waals surface area contributed by atoms with Gasteiger partial charge in [-0.05, 0) is 40.0 Å². The Bertz CT molecular complexity index is 522. The smallest absolute Gasteiger partial charge is 0.122 e. The summed E-state index contributed by atoms with van der Waals surface area (Å²) in [5.41, 5.74) is 1.10. The molecule has 0 N–H and O–H groups in total. The lowest BCUT2D eigenvalue weighted by molar-refractivity contribution is 0.409. The highest BCUT2D eigenvalue weighted by atomic mass is 79.9. The molecule has 0 saturated heterocycles. The van der Waals surface area contributed by atoms with Gasteiger partial charge in [0.1, 0.15) is 10.1 Å². The standard InChI is InChI=1S/C13H11BrCl2OS/c1-17-11-5-3-2-4-8(11)6-10(15)12-7-9(14)13(16)18-12/h2-5,7,10H,6H2,1H3. The van der Waals surface area contributed by atoms with E-state index < -0.39 is 0 Å². The lowest BCUT2D eigenvalue weighted by Gasteiger charge is -2.11. The first-order valence-electron chi connectivity index (χ1n) is 5.32. The predicted octanol–water partition coefficient (Wildman–Crippen LogP) is 5.70. The third kappa shape index (κ3) is 3.21. The molecule has 1 nitrogen and oxygen atoms in total. The Hall–Kier alpha value is -0.220. The first-order chi connectivity index (χ1) is 8.61. The second-order valence-electron chi connectivity index (χ2n) is 3.75. The Kier molecular flexibility index (Phi) is 4.96. The van der Waals surface area contributed by atoms with E-state index in [1.165, 1.54) is 11.3 Å². The minimum absolute atomic E-state index is 0.102. The molecule has 0 fully saturated rings. The van der Waals surface area contributed by atoms with Gasteiger partial charge >= 0.3 is 0 Å². The molecule has 1 aromatic carbocycles. The zero-order valence-electron chi connectivity index (χ0n) is 9.62. The number of para-hydroxylation sites is 1. The molecular weight excluding hydrogens is 355 g/mol. The molecule has 1 unspecified atom stereocenters. The largest absolute Gasteiger partial charge is 0.496 e. The van der Waals surface area contributed by atoms with Gasteiger partial charge in [-0.3, -0.25) is 0 Å². The summed E-state index contributed by atoms with van der Waals surface area (Å²) in [6.07, 6.45) is 0.717. The first kappa shape index (κ1) is 14.2. The molecule has 0 aliphatic rings. The average molecular weight is 366 g/mol. The number of methoxy groups -OCH3 is 1. The normalized spacial score (nSPS) is 12.4. The molecule has 1 atom stereocenters. The molecule has 18 heavy (non-hydrogen) atoms. The Morgan fingerprint density at radius 1 is 1.39 bits per heavy atom. The zero-order valence-corrected chi connectivity index (χ0v) is 13.5. The highest BCUT2D eigenvalue weighted by Crippen LogP contribution is 2.39. The Morgan fingerprint density at radius 3 is 2.72 bits per heavy atom. The number of hydrogen-bond acceptors (Lipinski definition) is 2. The lowest BCUT2D eigenvalue weighted by atomic mass is 10.1. The van der Waals surface area contributed by atoms with Crippen molar-refractivity contribution < 1.29 is 4.74 Å². The maximum atomic E-state index is 6.43. The molecule has 1 heterocycles. The number of alkyl halides is 1. The summed E-state index contributed by atoms with van der Waals surface area (Å²) in [7, 11) is 1.67. The summed E-state index contributed by atoms with van der Waals surface area (Å²) in [5, 5.41) is -0.102. The van der Waals surface area contributed by atoms with Crippen LogP contribution >= 0.6 is 50.5 Å². The van der Waals surface area contributed by atoms with Gasteiger partial charge in [-0.25, -0.2) is 0 Å². The molecule has 0 saturated carbocycles. The molecule has 0 aliphatic heterocycles. The van der Waals surface area contributed by atoms with Crippen molar-refractivity contribution >= 4 is 50.5 Å². The summed E-state index contributed by atoms with van der Waals surface area (Å²) in [6.45, 7) is 0. The summed E-state index contributed by atoms with van der Waals surface area (Å²) in [5.74, 6) is 0.866. The van der Waals surface area contributed by atoms with Crippen molar-refractivity contribution in [2.45, 2.75) is 11.8 Å². The van der Waals surface area contributed by atoms with E-state index in [2.05, 4.69) is 15.9 Å². The van der Waals surface area contributed by atoms with Crippen LogP contribution in [0.15, 0.2) is 34.8 Å². The van der Waals surface area contributed by atoms with Crippen molar-refractivity contribution in [2.24, 2.45) is 0 Å². The Labute approximate surface area is 129 Å². The molecule has 0 amide bonds. The van der Waals surface area contributed by atoms with E-state index in [1.54, 1.807) is 7.11 Å². The molecule has 0 bridgehead atoms. The van der Waals surface area contributed by atoms with Crippen molar-refractivity contribution in [3.8, 4) is 5.75 Å². The van der Waals surface area contributed by atoms with Gasteiger partial charge in [0.25, 0.3) is 0 Å². The highest BCUT2D eigenvalue weighted by Gasteiger charge is 2.15. The van der Waals surface area contributed by atoms with Crippen LogP contribution in [-0.4, -0.2) is 7.11 Å². The van der Waals surface area contributed by atoms with E-state index in [1.807, 2.05) is 30.3 Å². The molecule has 0 aliphatic carbocycles. The molecule has 1 aromatic heterocycles. The number of rotatable bonds is 4. The van der Waals surface area contributed by atoms with Crippen LogP contribution in [0.1, 0.15) is 15.8 Å². The minimum atomic E-state index is -0.102. The van der Waals surface area contributed by atoms with Gasteiger partial charge in [-0.2, -0.15) is 0 Å². The van der Waals surface area contributed by atoms with Gasteiger partial charge in [0.2, 0.25) is 0 Å². The highest BCUT2D eigenvalue weighted by molar-refractivity contribution is 9.10. The quantitative estimate of drug-likeness (QED) is 0.632. The monoisotopic (exact) mass is 364 g/mol. The van der Waals surface area contributed by atoms with Crippen LogP contribution < -0.4 is 4.74 Å². The van der Waals surface area contributed by atoms with Gasteiger partial charge in [0.15, 0.2) is 0 Å². The van der Waals surface area contributed by atoms with E-state index in [-0.39, 0.29) is 5.38 Å². The van der Waals surface area contributed by atoms with Crippen LogP contribution in [0.3, 0.4) is 0 Å². The average Bonchev–Trinajstić information content (AvgIpc) is 2.70. The van der Waals surface area contributed by atoms with Gasteiger partial charge in [0.05, 0.1) is 12.5 Å². The fourth-order valence-electron chi connectivity index (χ4n) is 1.68. The van der Waals surface area contributed by atoms with E-state index in [0.717, 1.165) is 31.4 Å². The van der Waals surface area contributed by atoms with Gasteiger partial charge < -0.3 is 4.74 Å². The van der Waals surface area contributed by atoms with Crippen LogP contribution in [0.2, 0.25) is 4.34 Å². The van der Waals surface area contributed by atoms with E-state index >= 15 is 0 Å². The molecule has 2 aromatic rings. The summed E-state index contributed by atoms with van der Waals surface area (Å²) >= 11 is 17.3. The third-order valence-corrected chi connectivity index (χ3v) is 5.67. The molecular formula is C13H11BrCl2OS. The van der Waals surface area contributed by atoms with Crippen molar-refractivity contribution in [3.63, 3.8) is 0 Å². The van der Waals surface area contributed by atoms with Crippen molar-refractivity contribution in [3.05, 3.63) is 49.6 Å². The first-order valence-corrected chi connectivity index (χ1v) is 7.75. The van der Waals surface area contributed by atoms with Crippen LogP contribution in [0.4, 0.5) is 0 Å². The molecule has 5 heteroatoms. The van der Waals surface area contributed by atoms with Gasteiger partial charge in [-0.1, -0.05) is 29.8 Å². The van der Waals surface area contributed by atoms with Crippen molar-refractivity contribution in [1.82, 2.24) is 0 Å². The molecule has 0 radical (unpaired) electrons. The van der Waals surface area contributed by atoms with Crippen LogP contribution in [0.25, 0.3) is 0 Å². The van der Waals surface area contributed by atoms with E-state index in [4.69, 9.17) is 27.9 Å². The van der Waals surface area contributed by atoms with Crippen molar-refractivity contribution in [1.29, 1.82) is 0 Å². The summed E-state index contributed by atoms with van der Waals surface area (Å²) in [4.78, 5) is 1.06. The Balaban J connectivity index is 2.18. The predicted molar refractivity (Wildman–Crippen MR) is 82.3 cm³/mol. The number of hydrogen-bond donors (Lipinski definition) is 0. The topological polar surface area (TPSA) is 9.23 Å². The van der Waals surface area contributed by atoms with Crippen LogP contribution in [-0.2, 0) is 6.42 Å². The fraction of sp³-hybridized carbons (Fsp3) is 0.231. The second-order valence-corrected chi connectivity index (χ2v) is 6.82. The second kappa shape index (κ2) is 6.29. The van der Waals surface area contributed by atoms with Gasteiger partial charge in [0, 0.05) is 9.35 Å². The summed E-state index contributed by atoms with van der Waals surface area (Å²) in [6, 6.07) is 9.87. The molecule has 2 rings (SSSR count). The maximum Gasteiger partial charge on any atom is 0.122 e. The number of halogens is 3. The van der Waals surface area contributed by atoms with E-state index in [0.29, 0.717) is 0 Å². The van der Waals surface area contributed by atoms with Crippen molar-refractivity contribution in [2.75, 3.05) is 7.11 Å². The molecule has 0 spiro atoms. The summed E-state index contributed by atoms with van der Waals surface area (Å²) < 4.78 is 6.95. The fourth-order valence-corrected chi connectivity index (χ4v) is 3.76. The minimum Gasteiger partial charge on any atom is -0.496 e.